The minimum absolute atomic E-state index is 0.180. The van der Waals surface area contributed by atoms with Crippen molar-refractivity contribution in [2.75, 3.05) is 5.73 Å². The molecule has 0 aliphatic carbocycles. The van der Waals surface area contributed by atoms with Crippen LogP contribution in [0.25, 0.3) is 17.1 Å². The fourth-order valence-corrected chi connectivity index (χ4v) is 2.04. The quantitative estimate of drug-likeness (QED) is 0.735. The molecule has 2 aromatic carbocycles. The predicted molar refractivity (Wildman–Crippen MR) is 73.7 cm³/mol. The first-order chi connectivity index (χ1) is 10.1. The average Bonchev–Trinajstić information content (AvgIpc) is 2.90. The summed E-state index contributed by atoms with van der Waals surface area (Å²) in [5.74, 6) is -0.677. The lowest BCUT2D eigenvalue weighted by molar-refractivity contribution is 0.607. The van der Waals surface area contributed by atoms with E-state index in [1.54, 1.807) is 12.1 Å². The molecule has 2 N–H and O–H groups in total. The molecule has 0 atom stereocenters. The van der Waals surface area contributed by atoms with Crippen LogP contribution in [0.15, 0.2) is 36.4 Å². The van der Waals surface area contributed by atoms with Crippen molar-refractivity contribution in [1.82, 2.24) is 20.2 Å². The first-order valence-electron chi connectivity index (χ1n) is 6.16. The number of tetrazole rings is 1. The molecule has 0 bridgehead atoms. The van der Waals surface area contributed by atoms with Crippen LogP contribution in [-0.4, -0.2) is 20.2 Å². The molecule has 0 saturated carbocycles. The number of nitrogens with zero attached hydrogens (tertiary/aromatic N) is 4. The Balaban J connectivity index is 2.19. The van der Waals surface area contributed by atoms with Gasteiger partial charge in [0.25, 0.3) is 0 Å². The molecular weight excluding hydrogens is 276 g/mol. The van der Waals surface area contributed by atoms with Crippen molar-refractivity contribution in [1.29, 1.82) is 0 Å². The number of halogens is 2. The Bertz CT molecular complexity index is 813. The van der Waals surface area contributed by atoms with E-state index < -0.39 is 11.6 Å². The molecule has 21 heavy (non-hydrogen) atoms. The van der Waals surface area contributed by atoms with Crippen molar-refractivity contribution >= 4 is 5.69 Å². The zero-order chi connectivity index (χ0) is 15.0. The second-order valence-corrected chi connectivity index (χ2v) is 4.60. The molecule has 3 aromatic rings. The highest BCUT2D eigenvalue weighted by atomic mass is 19.1. The SMILES string of the molecule is Cc1ccc(F)c(-n2nnnc2-c2ccc(F)cc2N)c1. The molecule has 1 aromatic heterocycles. The first-order valence-corrected chi connectivity index (χ1v) is 6.16. The monoisotopic (exact) mass is 287 g/mol. The van der Waals surface area contributed by atoms with Crippen LogP contribution in [0.3, 0.4) is 0 Å². The van der Waals surface area contributed by atoms with E-state index in [1.807, 2.05) is 6.92 Å². The van der Waals surface area contributed by atoms with Crippen molar-refractivity contribution < 1.29 is 8.78 Å². The summed E-state index contributed by atoms with van der Waals surface area (Å²) < 4.78 is 28.4. The molecule has 0 aliphatic rings. The Morgan fingerprint density at radius 1 is 1.10 bits per heavy atom. The van der Waals surface area contributed by atoms with Crippen LogP contribution in [-0.2, 0) is 0 Å². The van der Waals surface area contributed by atoms with Crippen molar-refractivity contribution in [3.05, 3.63) is 53.6 Å². The smallest absolute Gasteiger partial charge is 0.189 e. The number of nitrogens with two attached hydrogens (primary N) is 1. The summed E-state index contributed by atoms with van der Waals surface area (Å²) in [6.07, 6.45) is 0. The molecular formula is C14H11F2N5. The van der Waals surface area contributed by atoms with E-state index in [0.717, 1.165) is 5.56 Å². The molecule has 0 fully saturated rings. The van der Waals surface area contributed by atoms with Crippen LogP contribution in [0, 0.1) is 18.6 Å². The van der Waals surface area contributed by atoms with Crippen molar-refractivity contribution in [2.24, 2.45) is 0 Å². The molecule has 0 amide bonds. The van der Waals surface area contributed by atoms with E-state index in [9.17, 15) is 8.78 Å². The van der Waals surface area contributed by atoms with Crippen LogP contribution in [0.1, 0.15) is 5.56 Å². The van der Waals surface area contributed by atoms with Gasteiger partial charge in [0.05, 0.1) is 0 Å². The van der Waals surface area contributed by atoms with Crippen LogP contribution in [0.5, 0.6) is 0 Å². The maximum Gasteiger partial charge on any atom is 0.189 e. The largest absolute Gasteiger partial charge is 0.398 e. The topological polar surface area (TPSA) is 69.6 Å². The van der Waals surface area contributed by atoms with Gasteiger partial charge < -0.3 is 5.73 Å². The van der Waals surface area contributed by atoms with E-state index in [1.165, 1.54) is 28.9 Å². The second-order valence-electron chi connectivity index (χ2n) is 4.60. The minimum atomic E-state index is -0.463. The third kappa shape index (κ3) is 2.33. The second kappa shape index (κ2) is 4.93. The molecule has 0 spiro atoms. The van der Waals surface area contributed by atoms with Crippen LogP contribution < -0.4 is 5.73 Å². The number of nitrogen functional groups attached to an aromatic ring is 1. The van der Waals surface area contributed by atoms with Gasteiger partial charge in [-0.25, -0.2) is 8.78 Å². The van der Waals surface area contributed by atoms with Crippen molar-refractivity contribution in [2.45, 2.75) is 6.92 Å². The van der Waals surface area contributed by atoms with Gasteiger partial charge in [0.1, 0.15) is 17.3 Å². The van der Waals surface area contributed by atoms with Gasteiger partial charge in [-0.05, 0) is 53.2 Å². The zero-order valence-electron chi connectivity index (χ0n) is 11.1. The van der Waals surface area contributed by atoms with E-state index in [2.05, 4.69) is 15.5 Å². The van der Waals surface area contributed by atoms with Gasteiger partial charge in [-0.2, -0.15) is 4.68 Å². The van der Waals surface area contributed by atoms with Gasteiger partial charge in [-0.3, -0.25) is 0 Å². The maximum atomic E-state index is 14.0. The van der Waals surface area contributed by atoms with Crippen LogP contribution >= 0.6 is 0 Å². The van der Waals surface area contributed by atoms with Crippen LogP contribution in [0.2, 0.25) is 0 Å². The number of aryl methyl sites for hydroxylation is 1. The summed E-state index contributed by atoms with van der Waals surface area (Å²) in [4.78, 5) is 0. The number of hydrogen-bond acceptors (Lipinski definition) is 4. The molecule has 5 nitrogen and oxygen atoms in total. The highest BCUT2D eigenvalue weighted by Gasteiger charge is 2.16. The Morgan fingerprint density at radius 3 is 2.67 bits per heavy atom. The summed E-state index contributed by atoms with van der Waals surface area (Å²) in [7, 11) is 0. The minimum Gasteiger partial charge on any atom is -0.398 e. The summed E-state index contributed by atoms with van der Waals surface area (Å²) in [6, 6.07) is 8.48. The number of rotatable bonds is 2. The van der Waals surface area contributed by atoms with E-state index >= 15 is 0 Å². The average molecular weight is 287 g/mol. The number of benzene rings is 2. The van der Waals surface area contributed by atoms with Gasteiger partial charge in [-0.15, -0.1) is 5.10 Å². The normalized spacial score (nSPS) is 10.8. The van der Waals surface area contributed by atoms with Gasteiger partial charge in [0.15, 0.2) is 5.82 Å². The number of anilines is 1. The van der Waals surface area contributed by atoms with Crippen LogP contribution in [0.4, 0.5) is 14.5 Å². The van der Waals surface area contributed by atoms with Gasteiger partial charge in [0, 0.05) is 11.3 Å². The Labute approximate surface area is 119 Å². The fraction of sp³-hybridized carbons (Fsp3) is 0.0714. The third-order valence-corrected chi connectivity index (χ3v) is 3.05. The lowest BCUT2D eigenvalue weighted by atomic mass is 10.1. The summed E-state index contributed by atoms with van der Waals surface area (Å²) >= 11 is 0. The van der Waals surface area contributed by atoms with E-state index in [-0.39, 0.29) is 17.2 Å². The molecule has 0 saturated heterocycles. The molecule has 1 heterocycles. The van der Waals surface area contributed by atoms with Crippen molar-refractivity contribution in [3.8, 4) is 17.1 Å². The highest BCUT2D eigenvalue weighted by Crippen LogP contribution is 2.27. The van der Waals surface area contributed by atoms with Crippen molar-refractivity contribution in [3.63, 3.8) is 0 Å². The molecule has 7 heteroatoms. The van der Waals surface area contributed by atoms with E-state index in [4.69, 9.17) is 5.73 Å². The third-order valence-electron chi connectivity index (χ3n) is 3.05. The lowest BCUT2D eigenvalue weighted by Gasteiger charge is -2.08. The molecule has 0 unspecified atom stereocenters. The molecule has 106 valence electrons. The Morgan fingerprint density at radius 2 is 1.90 bits per heavy atom. The number of aromatic nitrogens is 4. The number of hydrogen-bond donors (Lipinski definition) is 1. The predicted octanol–water partition coefficient (Wildman–Crippen LogP) is 2.50. The standard InChI is InChI=1S/C14H11F2N5/c1-8-2-5-11(16)13(6-8)21-14(18-19-20-21)10-4-3-9(15)7-12(10)17/h2-7H,17H2,1H3. The zero-order valence-corrected chi connectivity index (χ0v) is 11.1. The highest BCUT2D eigenvalue weighted by molar-refractivity contribution is 5.72. The Hall–Kier alpha value is -2.83. The van der Waals surface area contributed by atoms with Gasteiger partial charge in [0.2, 0.25) is 0 Å². The lowest BCUT2D eigenvalue weighted by Crippen LogP contribution is -2.04. The van der Waals surface area contributed by atoms with E-state index in [0.29, 0.717) is 5.56 Å². The summed E-state index contributed by atoms with van der Waals surface area (Å²) in [5, 5.41) is 11.2. The fourth-order valence-electron chi connectivity index (χ4n) is 2.04. The summed E-state index contributed by atoms with van der Waals surface area (Å²) in [5.41, 5.74) is 7.47. The Kier molecular flexibility index (Phi) is 3.09. The van der Waals surface area contributed by atoms with Gasteiger partial charge >= 0.3 is 0 Å². The molecule has 3 rings (SSSR count). The first kappa shape index (κ1) is 13.2. The van der Waals surface area contributed by atoms with Gasteiger partial charge in [-0.1, -0.05) is 6.07 Å². The molecule has 0 aliphatic heterocycles. The summed E-state index contributed by atoms with van der Waals surface area (Å²) in [6.45, 7) is 1.83. The maximum absolute atomic E-state index is 14.0. The molecule has 0 radical (unpaired) electrons.